The molecule has 0 aliphatic heterocycles. The molecule has 0 saturated carbocycles. The van der Waals surface area contributed by atoms with Crippen LogP contribution < -0.4 is 10.1 Å². The van der Waals surface area contributed by atoms with Gasteiger partial charge >= 0.3 is 0 Å². The van der Waals surface area contributed by atoms with Gasteiger partial charge in [0.1, 0.15) is 5.75 Å². The van der Waals surface area contributed by atoms with E-state index in [1.54, 1.807) is 19.2 Å². The first-order valence-electron chi connectivity index (χ1n) is 8.77. The van der Waals surface area contributed by atoms with Crippen LogP contribution in [0, 0.1) is 11.3 Å². The lowest BCUT2D eigenvalue weighted by Gasteiger charge is -2.14. The highest BCUT2D eigenvalue weighted by molar-refractivity contribution is 6.42. The Morgan fingerprint density at radius 3 is 2.37 bits per heavy atom. The summed E-state index contributed by atoms with van der Waals surface area (Å²) in [4.78, 5) is 12.1. The van der Waals surface area contributed by atoms with Gasteiger partial charge in [0, 0.05) is 18.7 Å². The van der Waals surface area contributed by atoms with E-state index in [0.29, 0.717) is 41.6 Å². The second-order valence-electron chi connectivity index (χ2n) is 6.67. The Morgan fingerprint density at radius 1 is 1.07 bits per heavy atom. The van der Waals surface area contributed by atoms with Crippen molar-refractivity contribution in [3.63, 3.8) is 0 Å². The molecule has 0 aliphatic rings. The molecule has 0 saturated heterocycles. The van der Waals surface area contributed by atoms with Crippen molar-refractivity contribution in [2.75, 3.05) is 13.7 Å². The third-order valence-electron chi connectivity index (χ3n) is 4.17. The van der Waals surface area contributed by atoms with Crippen molar-refractivity contribution in [2.45, 2.75) is 26.2 Å². The number of amides is 1. The lowest BCUT2D eigenvalue weighted by molar-refractivity contribution is -0.120. The summed E-state index contributed by atoms with van der Waals surface area (Å²) in [6, 6.07) is 12.9. The molecule has 2 aromatic carbocycles. The second kappa shape index (κ2) is 10.3. The number of methoxy groups -OCH3 is 1. The summed E-state index contributed by atoms with van der Waals surface area (Å²) in [6.45, 7) is 2.57. The van der Waals surface area contributed by atoms with Crippen LogP contribution in [0.3, 0.4) is 0 Å². The molecular formula is C21H24Cl2N2O2. The number of nitrogens with one attached hydrogen (secondary N) is 2. The Kier molecular flexibility index (Phi) is 8.14. The summed E-state index contributed by atoms with van der Waals surface area (Å²) in [5.41, 5.74) is 2.50. The van der Waals surface area contributed by atoms with Crippen molar-refractivity contribution in [2.24, 2.45) is 5.92 Å². The van der Waals surface area contributed by atoms with Gasteiger partial charge in [0.15, 0.2) is 0 Å². The molecule has 6 heteroatoms. The predicted octanol–water partition coefficient (Wildman–Crippen LogP) is 4.95. The SMILES string of the molecule is COc1ccc(CC(=O)NCC(C)CC(=N)Cc2ccc(Cl)c(Cl)c2)cc1. The summed E-state index contributed by atoms with van der Waals surface area (Å²) < 4.78 is 5.11. The molecule has 0 bridgehead atoms. The quantitative estimate of drug-likeness (QED) is 0.578. The van der Waals surface area contributed by atoms with Crippen molar-refractivity contribution in [1.29, 1.82) is 5.41 Å². The van der Waals surface area contributed by atoms with Crippen molar-refractivity contribution in [1.82, 2.24) is 5.32 Å². The molecule has 1 amide bonds. The average Bonchev–Trinajstić information content (AvgIpc) is 2.63. The Balaban J connectivity index is 1.73. The number of halogens is 2. The maximum atomic E-state index is 12.1. The highest BCUT2D eigenvalue weighted by atomic mass is 35.5. The minimum atomic E-state index is -0.0250. The first-order valence-corrected chi connectivity index (χ1v) is 9.52. The van der Waals surface area contributed by atoms with E-state index < -0.39 is 0 Å². The van der Waals surface area contributed by atoms with E-state index in [2.05, 4.69) is 5.32 Å². The molecule has 0 heterocycles. The lowest BCUT2D eigenvalue weighted by Crippen LogP contribution is -2.30. The smallest absolute Gasteiger partial charge is 0.224 e. The van der Waals surface area contributed by atoms with Gasteiger partial charge in [0.05, 0.1) is 23.6 Å². The fraction of sp³-hybridized carbons (Fsp3) is 0.333. The topological polar surface area (TPSA) is 62.2 Å². The monoisotopic (exact) mass is 406 g/mol. The van der Waals surface area contributed by atoms with Crippen molar-refractivity contribution < 1.29 is 9.53 Å². The molecule has 27 heavy (non-hydrogen) atoms. The third kappa shape index (κ3) is 7.24. The normalized spacial score (nSPS) is 11.7. The zero-order valence-electron chi connectivity index (χ0n) is 15.5. The lowest BCUT2D eigenvalue weighted by atomic mass is 9.99. The number of rotatable bonds is 9. The first kappa shape index (κ1) is 21.3. The standard InChI is InChI=1S/C21H24Cl2N2O2/c1-14(9-17(24)10-16-5-8-19(22)20(23)11-16)13-25-21(26)12-15-3-6-18(27-2)7-4-15/h3-8,11,14,24H,9-10,12-13H2,1-2H3,(H,25,26). The molecule has 2 rings (SSSR count). The second-order valence-corrected chi connectivity index (χ2v) is 7.48. The van der Waals surface area contributed by atoms with Gasteiger partial charge in [-0.3, -0.25) is 4.79 Å². The summed E-state index contributed by atoms with van der Waals surface area (Å²) in [7, 11) is 1.61. The number of carbonyl (C=O) groups excluding carboxylic acids is 1. The van der Waals surface area contributed by atoms with E-state index in [1.165, 1.54) is 0 Å². The summed E-state index contributed by atoms with van der Waals surface area (Å²) in [6.07, 6.45) is 1.47. The van der Waals surface area contributed by atoms with E-state index in [-0.39, 0.29) is 11.8 Å². The molecule has 0 fully saturated rings. The molecule has 0 aromatic heterocycles. The number of ether oxygens (including phenoxy) is 1. The minimum absolute atomic E-state index is 0.0250. The van der Waals surface area contributed by atoms with Crippen LogP contribution in [0.4, 0.5) is 0 Å². The van der Waals surface area contributed by atoms with Gasteiger partial charge < -0.3 is 15.5 Å². The van der Waals surface area contributed by atoms with Crippen molar-refractivity contribution in [3.8, 4) is 5.75 Å². The van der Waals surface area contributed by atoms with Gasteiger partial charge in [-0.2, -0.15) is 0 Å². The van der Waals surface area contributed by atoms with Crippen LogP contribution >= 0.6 is 23.2 Å². The van der Waals surface area contributed by atoms with Gasteiger partial charge in [0.25, 0.3) is 0 Å². The van der Waals surface area contributed by atoms with Gasteiger partial charge in [-0.05, 0) is 47.7 Å². The highest BCUT2D eigenvalue weighted by Crippen LogP contribution is 2.23. The molecule has 0 spiro atoms. The zero-order chi connectivity index (χ0) is 19.8. The van der Waals surface area contributed by atoms with E-state index in [9.17, 15) is 4.79 Å². The minimum Gasteiger partial charge on any atom is -0.497 e. The maximum Gasteiger partial charge on any atom is 0.224 e. The predicted molar refractivity (Wildman–Crippen MR) is 111 cm³/mol. The Hall–Kier alpha value is -2.04. The van der Waals surface area contributed by atoms with Gasteiger partial charge in [0.2, 0.25) is 5.91 Å². The molecule has 2 N–H and O–H groups in total. The molecule has 1 atom stereocenters. The van der Waals surface area contributed by atoms with E-state index >= 15 is 0 Å². The van der Waals surface area contributed by atoms with Crippen molar-refractivity contribution in [3.05, 3.63) is 63.6 Å². The van der Waals surface area contributed by atoms with Gasteiger partial charge in [-0.15, -0.1) is 0 Å². The van der Waals surface area contributed by atoms with E-state index in [4.69, 9.17) is 33.3 Å². The third-order valence-corrected chi connectivity index (χ3v) is 4.91. The maximum absolute atomic E-state index is 12.1. The Labute approximate surface area is 170 Å². The first-order chi connectivity index (χ1) is 12.9. The number of benzene rings is 2. The molecule has 1 unspecified atom stereocenters. The molecule has 4 nitrogen and oxygen atoms in total. The summed E-state index contributed by atoms with van der Waals surface area (Å²) in [5.74, 6) is 0.927. The van der Waals surface area contributed by atoms with Gasteiger partial charge in [-0.1, -0.05) is 48.3 Å². The van der Waals surface area contributed by atoms with Gasteiger partial charge in [-0.25, -0.2) is 0 Å². The molecular weight excluding hydrogens is 383 g/mol. The Bertz CT molecular complexity index is 791. The number of carbonyl (C=O) groups is 1. The molecule has 0 radical (unpaired) electrons. The van der Waals surface area contributed by atoms with Crippen LogP contribution in [-0.4, -0.2) is 25.3 Å². The summed E-state index contributed by atoms with van der Waals surface area (Å²) in [5, 5.41) is 12.1. The van der Waals surface area contributed by atoms with Crippen LogP contribution in [0.2, 0.25) is 10.0 Å². The van der Waals surface area contributed by atoms with Crippen LogP contribution in [0.25, 0.3) is 0 Å². The van der Waals surface area contributed by atoms with Crippen LogP contribution in [0.15, 0.2) is 42.5 Å². The van der Waals surface area contributed by atoms with Crippen LogP contribution in [-0.2, 0) is 17.6 Å². The number of hydrogen-bond acceptors (Lipinski definition) is 3. The van der Waals surface area contributed by atoms with Crippen LogP contribution in [0.1, 0.15) is 24.5 Å². The Morgan fingerprint density at radius 2 is 1.74 bits per heavy atom. The molecule has 144 valence electrons. The van der Waals surface area contributed by atoms with E-state index in [0.717, 1.165) is 16.9 Å². The fourth-order valence-electron chi connectivity index (χ4n) is 2.74. The summed E-state index contributed by atoms with van der Waals surface area (Å²) >= 11 is 11.9. The molecule has 0 aliphatic carbocycles. The zero-order valence-corrected chi connectivity index (χ0v) is 17.0. The highest BCUT2D eigenvalue weighted by Gasteiger charge is 2.10. The average molecular weight is 407 g/mol. The van der Waals surface area contributed by atoms with Crippen LogP contribution in [0.5, 0.6) is 5.75 Å². The fourth-order valence-corrected chi connectivity index (χ4v) is 3.06. The number of hydrogen-bond donors (Lipinski definition) is 2. The van der Waals surface area contributed by atoms with Crippen molar-refractivity contribution >= 4 is 34.8 Å². The van der Waals surface area contributed by atoms with E-state index in [1.807, 2.05) is 37.3 Å². The molecule has 2 aromatic rings. The largest absolute Gasteiger partial charge is 0.497 e.